The smallest absolute Gasteiger partial charge is 0.255 e. The van der Waals surface area contributed by atoms with Crippen molar-refractivity contribution in [3.63, 3.8) is 0 Å². The average Bonchev–Trinajstić information content (AvgIpc) is 3.07. The molecule has 0 spiro atoms. The number of hydrogen-bond acceptors (Lipinski definition) is 10. The maximum Gasteiger partial charge on any atom is 0.255 e. The maximum absolute atomic E-state index is 13.5. The highest BCUT2D eigenvalue weighted by Gasteiger charge is 2.32. The standard InChI is InChI=1S/C37H65N5O8/c1-25(2)27(20-31(38)32(43)22-30(26(3)4)35(45)41-24-37(5,6)36(39)46)23-40-34(44)29-11-10-28(21-33(29)50-16-9-8-15-47-7)49-19-14-42-12-17-48-18-13-42/h10-11,21,25-27,30-32,43H,8-9,12-20,22-24,38H2,1-7H3,(H2,39,46)(H,40,44)(H,41,45)/t27-,30+,31+,32+/m1/s1. The number of methoxy groups -OCH3 is 1. The number of rotatable bonds is 24. The van der Waals surface area contributed by atoms with Crippen LogP contribution in [0.15, 0.2) is 18.2 Å². The molecule has 7 N–H and O–H groups in total. The predicted octanol–water partition coefficient (Wildman–Crippen LogP) is 2.57. The summed E-state index contributed by atoms with van der Waals surface area (Å²) >= 11 is 0. The Morgan fingerprint density at radius 1 is 0.980 bits per heavy atom. The van der Waals surface area contributed by atoms with E-state index in [-0.39, 0.29) is 42.5 Å². The number of nitrogens with one attached hydrogen (secondary N) is 2. The van der Waals surface area contributed by atoms with E-state index in [2.05, 4.69) is 29.4 Å². The van der Waals surface area contributed by atoms with Crippen molar-refractivity contribution in [1.29, 1.82) is 0 Å². The number of carbonyl (C=O) groups is 3. The number of nitrogens with zero attached hydrogens (tertiary/aromatic N) is 1. The second-order valence-corrected chi connectivity index (χ2v) is 14.7. The number of ether oxygens (including phenoxy) is 4. The molecular weight excluding hydrogens is 642 g/mol. The average molecular weight is 708 g/mol. The van der Waals surface area contributed by atoms with Crippen LogP contribution in [0.4, 0.5) is 0 Å². The molecule has 1 aromatic rings. The van der Waals surface area contributed by atoms with Gasteiger partial charge >= 0.3 is 0 Å². The van der Waals surface area contributed by atoms with Gasteiger partial charge in [0.05, 0.1) is 36.9 Å². The molecule has 4 atom stereocenters. The topological polar surface area (TPSA) is 188 Å². The third-order valence-electron chi connectivity index (χ3n) is 9.52. The molecule has 13 nitrogen and oxygen atoms in total. The molecule has 50 heavy (non-hydrogen) atoms. The van der Waals surface area contributed by atoms with Gasteiger partial charge in [-0.1, -0.05) is 27.7 Å². The first-order valence-electron chi connectivity index (χ1n) is 18.1. The number of hydrogen-bond donors (Lipinski definition) is 5. The van der Waals surface area contributed by atoms with E-state index in [0.29, 0.717) is 49.8 Å². The second kappa shape index (κ2) is 22.1. The summed E-state index contributed by atoms with van der Waals surface area (Å²) in [6.07, 6.45) is 1.29. The lowest BCUT2D eigenvalue weighted by Crippen LogP contribution is -2.47. The van der Waals surface area contributed by atoms with Gasteiger partial charge in [0, 0.05) is 64.5 Å². The van der Waals surface area contributed by atoms with Crippen molar-refractivity contribution in [2.24, 2.45) is 40.6 Å². The molecule has 0 unspecified atom stereocenters. The Morgan fingerprint density at radius 2 is 1.66 bits per heavy atom. The lowest BCUT2D eigenvalue weighted by atomic mass is 9.83. The van der Waals surface area contributed by atoms with Crippen LogP contribution in [0.25, 0.3) is 0 Å². The molecular formula is C37H65N5O8. The van der Waals surface area contributed by atoms with Crippen molar-refractivity contribution >= 4 is 17.7 Å². The molecule has 3 amide bonds. The lowest BCUT2D eigenvalue weighted by Gasteiger charge is -2.30. The Hall–Kier alpha value is -2.97. The van der Waals surface area contributed by atoms with E-state index in [1.165, 1.54) is 0 Å². The summed E-state index contributed by atoms with van der Waals surface area (Å²) in [5.74, 6) is -0.384. The molecule has 1 aromatic carbocycles. The van der Waals surface area contributed by atoms with Crippen LogP contribution in [0, 0.1) is 29.1 Å². The molecule has 1 fully saturated rings. The first-order chi connectivity index (χ1) is 23.7. The van der Waals surface area contributed by atoms with Crippen molar-refractivity contribution in [2.45, 2.75) is 79.4 Å². The molecule has 0 saturated carbocycles. The third kappa shape index (κ3) is 15.1. The van der Waals surface area contributed by atoms with Gasteiger partial charge in [-0.15, -0.1) is 0 Å². The minimum atomic E-state index is -0.942. The van der Waals surface area contributed by atoms with E-state index in [0.717, 1.165) is 45.7 Å². The molecule has 1 aliphatic rings. The van der Waals surface area contributed by atoms with Gasteiger partial charge in [0.2, 0.25) is 11.8 Å². The second-order valence-electron chi connectivity index (χ2n) is 14.7. The van der Waals surface area contributed by atoms with Crippen LogP contribution in [0.2, 0.25) is 0 Å². The van der Waals surface area contributed by atoms with E-state index < -0.39 is 29.4 Å². The molecule has 13 heteroatoms. The third-order valence-corrected chi connectivity index (χ3v) is 9.52. The summed E-state index contributed by atoms with van der Waals surface area (Å²) in [6, 6.07) is 4.67. The zero-order chi connectivity index (χ0) is 37.3. The van der Waals surface area contributed by atoms with Crippen molar-refractivity contribution in [2.75, 3.05) is 72.9 Å². The maximum atomic E-state index is 13.5. The number of aliphatic hydroxyl groups excluding tert-OH is 1. The van der Waals surface area contributed by atoms with Crippen LogP contribution < -0.4 is 31.6 Å². The zero-order valence-corrected chi connectivity index (χ0v) is 31.5. The van der Waals surface area contributed by atoms with Crippen LogP contribution in [-0.2, 0) is 19.1 Å². The van der Waals surface area contributed by atoms with E-state index in [9.17, 15) is 19.5 Å². The number of aliphatic hydroxyl groups is 1. The molecule has 2 rings (SSSR count). The summed E-state index contributed by atoms with van der Waals surface area (Å²) in [5, 5.41) is 17.0. The van der Waals surface area contributed by atoms with E-state index in [1.807, 2.05) is 13.8 Å². The number of amides is 3. The molecule has 286 valence electrons. The predicted molar refractivity (Wildman–Crippen MR) is 194 cm³/mol. The molecule has 1 heterocycles. The first-order valence-corrected chi connectivity index (χ1v) is 18.1. The Bertz CT molecular complexity index is 1170. The fraction of sp³-hybridized carbons (Fsp3) is 0.757. The van der Waals surface area contributed by atoms with Gasteiger partial charge < -0.3 is 46.2 Å². The molecule has 0 bridgehead atoms. The first kappa shape index (κ1) is 43.2. The highest BCUT2D eigenvalue weighted by atomic mass is 16.5. The van der Waals surface area contributed by atoms with Crippen molar-refractivity contribution in [1.82, 2.24) is 15.5 Å². The SMILES string of the molecule is COCCCCOc1cc(OCCN2CCOCC2)ccc1C(=O)NC[C@@H](C[C@H](N)[C@@H](O)C[C@H](C(=O)NCC(C)(C)C(N)=O)C(C)C)C(C)C. The Balaban J connectivity index is 2.03. The van der Waals surface area contributed by atoms with Crippen LogP contribution in [0.1, 0.15) is 77.6 Å². The van der Waals surface area contributed by atoms with Gasteiger partial charge in [-0.2, -0.15) is 0 Å². The van der Waals surface area contributed by atoms with Crippen molar-refractivity contribution in [3.8, 4) is 11.5 Å². The monoisotopic (exact) mass is 707 g/mol. The van der Waals surface area contributed by atoms with Crippen LogP contribution >= 0.6 is 0 Å². The van der Waals surface area contributed by atoms with E-state index in [4.69, 9.17) is 30.4 Å². The number of primary amides is 1. The number of benzene rings is 1. The lowest BCUT2D eigenvalue weighted by molar-refractivity contribution is -0.130. The Labute approximate surface area is 299 Å². The van der Waals surface area contributed by atoms with Gasteiger partial charge in [0.15, 0.2) is 0 Å². The summed E-state index contributed by atoms with van der Waals surface area (Å²) in [7, 11) is 1.66. The van der Waals surface area contributed by atoms with Gasteiger partial charge in [-0.05, 0) is 69.4 Å². The quantitative estimate of drug-likeness (QED) is 0.100. The molecule has 1 aliphatic heterocycles. The number of unbranched alkanes of at least 4 members (excludes halogenated alkanes) is 1. The van der Waals surface area contributed by atoms with E-state index in [1.54, 1.807) is 39.2 Å². The minimum absolute atomic E-state index is 0.0347. The van der Waals surface area contributed by atoms with Gasteiger partial charge in [-0.25, -0.2) is 0 Å². The number of nitrogens with two attached hydrogens (primary N) is 2. The summed E-state index contributed by atoms with van der Waals surface area (Å²) in [4.78, 5) is 40.6. The summed E-state index contributed by atoms with van der Waals surface area (Å²) < 4.78 is 22.7. The normalized spacial score (nSPS) is 16.5. The molecule has 0 aromatic heterocycles. The Kier molecular flexibility index (Phi) is 19.1. The Morgan fingerprint density at radius 3 is 2.28 bits per heavy atom. The zero-order valence-electron chi connectivity index (χ0n) is 31.5. The van der Waals surface area contributed by atoms with Gasteiger partial charge in [-0.3, -0.25) is 19.3 Å². The molecule has 0 radical (unpaired) electrons. The molecule has 0 aliphatic carbocycles. The fourth-order valence-corrected chi connectivity index (χ4v) is 5.61. The summed E-state index contributed by atoms with van der Waals surface area (Å²) in [6.45, 7) is 17.3. The largest absolute Gasteiger partial charge is 0.493 e. The van der Waals surface area contributed by atoms with Gasteiger partial charge in [0.25, 0.3) is 5.91 Å². The van der Waals surface area contributed by atoms with Crippen LogP contribution in [0.3, 0.4) is 0 Å². The van der Waals surface area contributed by atoms with Crippen molar-refractivity contribution in [3.05, 3.63) is 23.8 Å². The molecule has 1 saturated heterocycles. The number of morpholine rings is 1. The minimum Gasteiger partial charge on any atom is -0.493 e. The fourth-order valence-electron chi connectivity index (χ4n) is 5.61. The van der Waals surface area contributed by atoms with Crippen molar-refractivity contribution < 1.29 is 38.4 Å². The van der Waals surface area contributed by atoms with Gasteiger partial charge in [0.1, 0.15) is 18.1 Å². The highest BCUT2D eigenvalue weighted by molar-refractivity contribution is 5.97. The number of carbonyl (C=O) groups excluding carboxylic acids is 3. The highest BCUT2D eigenvalue weighted by Crippen LogP contribution is 2.27. The van der Waals surface area contributed by atoms with Crippen LogP contribution in [-0.4, -0.2) is 113 Å². The van der Waals surface area contributed by atoms with Crippen LogP contribution in [0.5, 0.6) is 11.5 Å². The summed E-state index contributed by atoms with van der Waals surface area (Å²) in [5.41, 5.74) is 11.5. The van der Waals surface area contributed by atoms with E-state index >= 15 is 0 Å².